The predicted octanol–water partition coefficient (Wildman–Crippen LogP) is 11.8. The third kappa shape index (κ3) is 18.8. The van der Waals surface area contributed by atoms with Gasteiger partial charge in [0.1, 0.15) is 116 Å². The van der Waals surface area contributed by atoms with Crippen LogP contribution in [0.1, 0.15) is 124 Å². The molecular formula is C82H80Br3F2N23O9. The van der Waals surface area contributed by atoms with Gasteiger partial charge >= 0.3 is 0 Å². The lowest BCUT2D eigenvalue weighted by molar-refractivity contribution is -0.137. The number of amides is 6. The molecule has 0 aliphatic carbocycles. The Kier molecular flexibility index (Phi) is 25.3. The minimum absolute atomic E-state index is 0.0958. The first kappa shape index (κ1) is 84.7. The van der Waals surface area contributed by atoms with Crippen LogP contribution in [0.2, 0.25) is 0 Å². The molecule has 11 aromatic heterocycles. The molecule has 3 saturated heterocycles. The van der Waals surface area contributed by atoms with E-state index in [2.05, 4.69) is 134 Å². The van der Waals surface area contributed by atoms with E-state index in [9.17, 15) is 51.9 Å². The monoisotopic (exact) mass is 1810 g/mol. The number of Topliss-reactive ketones (excluding diaryl/α,β-unsaturated/α-hetero) is 3. The Balaban J connectivity index is 0.000000155. The second-order valence-corrected chi connectivity index (χ2v) is 31.9. The van der Waals surface area contributed by atoms with Crippen molar-refractivity contribution in [2.24, 2.45) is 5.92 Å². The highest BCUT2D eigenvalue weighted by atomic mass is 79.9. The van der Waals surface area contributed by atoms with E-state index in [1.165, 1.54) is 46.1 Å². The van der Waals surface area contributed by atoms with Gasteiger partial charge in [0.25, 0.3) is 0 Å². The van der Waals surface area contributed by atoms with Gasteiger partial charge in [-0.1, -0.05) is 31.2 Å². The molecule has 6 atom stereocenters. The maximum Gasteiger partial charge on any atom is 0.248 e. The SMILES string of the molecule is CC(=O)c1nn(CC(=O)N2C[C@H](C)C[C@H]2C(=O)Nc2nc(Br)ccc2C)c2ccc(-c3cnc(C)nc3)cc12.CC(=O)c1nn(CC(=O)N2C[C@H](F)C[C@H]2C(=O)Nc2nc(Br)c(C)cc2C)c2c(C)nc(-c3cnc(C)nc3)cc12.CC(=O)c1nn(CC(=O)N2C[C@H](F)C[C@H]2C(=O)Nc2nc(Br)ccc2C)c2cnc(-c3cnc(C)nc3)cc12. The first-order valence-corrected chi connectivity index (χ1v) is 40.2. The van der Waals surface area contributed by atoms with Gasteiger partial charge in [-0.3, -0.25) is 67.2 Å². The number of halogens is 5. The van der Waals surface area contributed by atoms with E-state index in [1.807, 2.05) is 58.0 Å². The highest BCUT2D eigenvalue weighted by Gasteiger charge is 2.43. The van der Waals surface area contributed by atoms with Crippen molar-refractivity contribution in [3.63, 3.8) is 0 Å². The summed E-state index contributed by atoms with van der Waals surface area (Å²) in [5, 5.41) is 23.3. The van der Waals surface area contributed by atoms with Crippen LogP contribution < -0.4 is 16.0 Å². The maximum absolute atomic E-state index is 14.6. The number of rotatable bonds is 18. The van der Waals surface area contributed by atoms with Crippen LogP contribution in [0.4, 0.5) is 26.2 Å². The van der Waals surface area contributed by atoms with Crippen molar-refractivity contribution >= 4 is 151 Å². The summed E-state index contributed by atoms with van der Waals surface area (Å²) in [6, 6.07) is 15.4. The predicted molar refractivity (Wildman–Crippen MR) is 447 cm³/mol. The summed E-state index contributed by atoms with van der Waals surface area (Å²) in [5.41, 5.74) is 10.1. The summed E-state index contributed by atoms with van der Waals surface area (Å²) < 4.78 is 35.1. The third-order valence-electron chi connectivity index (χ3n) is 20.5. The van der Waals surface area contributed by atoms with Crippen LogP contribution in [0, 0.1) is 61.3 Å². The Morgan fingerprint density at radius 1 is 0.412 bits per heavy atom. The molecule has 0 spiro atoms. The van der Waals surface area contributed by atoms with E-state index in [0.717, 1.165) is 33.4 Å². The molecule has 6 amide bonds. The molecular weight excluding hydrogens is 1730 g/mol. The zero-order chi connectivity index (χ0) is 85.3. The lowest BCUT2D eigenvalue weighted by Gasteiger charge is -2.24. The van der Waals surface area contributed by atoms with Gasteiger partial charge in [-0.25, -0.2) is 53.6 Å². The number of fused-ring (bicyclic) bond motifs is 3. The smallest absolute Gasteiger partial charge is 0.248 e. The van der Waals surface area contributed by atoms with E-state index < -0.39 is 54.1 Å². The normalized spacial score (nSPS) is 16.9. The summed E-state index contributed by atoms with van der Waals surface area (Å²) in [4.78, 5) is 169. The van der Waals surface area contributed by atoms with Crippen LogP contribution in [0.25, 0.3) is 66.4 Å². The molecule has 37 heteroatoms. The van der Waals surface area contributed by atoms with Crippen molar-refractivity contribution in [3.8, 4) is 33.6 Å². The summed E-state index contributed by atoms with van der Waals surface area (Å²) >= 11 is 9.97. The van der Waals surface area contributed by atoms with Gasteiger partial charge in [-0.05, 0) is 180 Å². The minimum atomic E-state index is -1.36. The van der Waals surface area contributed by atoms with Gasteiger partial charge in [0, 0.05) is 110 Å². The van der Waals surface area contributed by atoms with Gasteiger partial charge in [0.15, 0.2) is 17.3 Å². The summed E-state index contributed by atoms with van der Waals surface area (Å²) in [5.74, 6) is -0.187. The zero-order valence-electron chi connectivity index (χ0n) is 66.7. The van der Waals surface area contributed by atoms with Crippen LogP contribution >= 0.6 is 47.8 Å². The average molecular weight is 1810 g/mol. The molecule has 119 heavy (non-hydrogen) atoms. The Labute approximate surface area is 705 Å². The van der Waals surface area contributed by atoms with Crippen LogP contribution in [0.5, 0.6) is 0 Å². The number of carbonyl (C=O) groups is 9. The fraction of sp³-hybridized carbons (Fsp3) is 0.329. The van der Waals surface area contributed by atoms with Gasteiger partial charge in [0.05, 0.1) is 52.9 Å². The largest absolute Gasteiger partial charge is 0.329 e. The van der Waals surface area contributed by atoms with Crippen LogP contribution in [0.15, 0.2) is 118 Å². The van der Waals surface area contributed by atoms with Crippen molar-refractivity contribution in [2.75, 3.05) is 35.6 Å². The van der Waals surface area contributed by atoms with Crippen molar-refractivity contribution < 1.29 is 51.9 Å². The van der Waals surface area contributed by atoms with Gasteiger partial charge in [-0.15, -0.1) is 0 Å². The number of aryl methyl sites for hydroxylation is 8. The molecule has 12 aromatic rings. The van der Waals surface area contributed by atoms with E-state index in [-0.39, 0.29) is 97.7 Å². The molecule has 0 bridgehead atoms. The van der Waals surface area contributed by atoms with E-state index >= 15 is 0 Å². The minimum Gasteiger partial charge on any atom is -0.329 e. The Hall–Kier alpha value is -12.3. The number of benzene rings is 1. The van der Waals surface area contributed by atoms with Crippen molar-refractivity contribution in [1.82, 2.24) is 98.9 Å². The Morgan fingerprint density at radius 3 is 1.32 bits per heavy atom. The summed E-state index contributed by atoms with van der Waals surface area (Å²) in [7, 11) is 0. The number of ketones is 3. The average Bonchev–Trinajstić information content (AvgIpc) is 1.63. The molecule has 0 radical (unpaired) electrons. The molecule has 15 rings (SSSR count). The topological polar surface area (TPSA) is 395 Å². The lowest BCUT2D eigenvalue weighted by Crippen LogP contribution is -2.44. The van der Waals surface area contributed by atoms with Crippen molar-refractivity contribution in [3.05, 3.63) is 180 Å². The summed E-state index contributed by atoms with van der Waals surface area (Å²) in [6.07, 6.45) is 9.11. The molecule has 612 valence electrons. The maximum atomic E-state index is 14.6. The molecule has 14 heterocycles. The van der Waals surface area contributed by atoms with Crippen LogP contribution in [-0.2, 0) is 48.4 Å². The van der Waals surface area contributed by atoms with E-state index in [4.69, 9.17) is 0 Å². The molecule has 1 aromatic carbocycles. The number of carbonyl (C=O) groups excluding carboxylic acids is 9. The molecule has 3 aliphatic rings. The molecule has 32 nitrogen and oxygen atoms in total. The van der Waals surface area contributed by atoms with Crippen molar-refractivity contribution in [2.45, 2.75) is 152 Å². The standard InChI is InChI=1S/C28H28BrFN8O3.C28H28BrN7O3.C26H24BrFN8O3/c1-13-6-14(2)27(34-26(13)29)35-28(41)22-7-19(30)11-37(22)23(40)12-38-25-15(3)33-21(18-9-31-17(5)32-10-18)8-20(25)24(36-38)16(4)39;1-15-9-23(28(39)33-27-16(2)5-8-24(29)32-27)35(13-15)25(38)14-36-22-7-6-19(20-11-30-18(4)31-12-20)10-21(22)26(34-36)17(3)37;1-13-4-5-22(27)32-25(13)33-26(39)20-6-17(28)11-35(20)23(38)12-36-21-10-31-19(16-8-29-15(3)30-9-16)7-18(21)24(34-36)14(2)37/h6,8-10,19,22H,7,11-12H2,1-5H3,(H,34,35,41);5-8,10-12,15,23H,9,13-14H2,1-4H3,(H,32,33,39);4-5,7-10,17,20H,6,11-12H2,1-3H3,(H,32,33,39)/t19-,22+;15-,23+;17-,20+/m111/s1. The second-order valence-electron chi connectivity index (χ2n) is 29.6. The first-order chi connectivity index (χ1) is 56.6. The van der Waals surface area contributed by atoms with Gasteiger partial charge in [-0.2, -0.15) is 15.3 Å². The number of nitrogens with zero attached hydrogens (tertiary/aromatic N) is 20. The van der Waals surface area contributed by atoms with E-state index in [0.29, 0.717) is 123 Å². The third-order valence-corrected chi connectivity index (χ3v) is 22.2. The number of anilines is 3. The number of pyridine rings is 5. The molecule has 0 saturated carbocycles. The second kappa shape index (κ2) is 35.5. The lowest BCUT2D eigenvalue weighted by atomic mass is 10.0. The number of aromatic nitrogens is 17. The summed E-state index contributed by atoms with van der Waals surface area (Å²) in [6.45, 7) is 20.0. The first-order valence-electron chi connectivity index (χ1n) is 37.8. The molecule has 3 aliphatic heterocycles. The number of likely N-dealkylation sites (tertiary alicyclic amines) is 3. The van der Waals surface area contributed by atoms with Crippen LogP contribution in [0.3, 0.4) is 0 Å². The van der Waals surface area contributed by atoms with E-state index in [1.54, 1.807) is 112 Å². The molecule has 0 unspecified atom stereocenters. The van der Waals surface area contributed by atoms with Crippen molar-refractivity contribution in [1.29, 1.82) is 0 Å². The number of hydrogen-bond donors (Lipinski definition) is 3. The quantitative estimate of drug-likeness (QED) is 0.0530. The number of hydrogen-bond acceptors (Lipinski definition) is 23. The number of alkyl halides is 2. The zero-order valence-corrected chi connectivity index (χ0v) is 71.4. The highest BCUT2D eigenvalue weighted by molar-refractivity contribution is 9.11. The fourth-order valence-corrected chi connectivity index (χ4v) is 15.3. The molecule has 3 N–H and O–H groups in total. The number of nitrogens with one attached hydrogen (secondary N) is 3. The van der Waals surface area contributed by atoms with Gasteiger partial charge < -0.3 is 30.7 Å². The van der Waals surface area contributed by atoms with Gasteiger partial charge in [0.2, 0.25) is 35.4 Å². The molecule has 3 fully saturated rings. The fourth-order valence-electron chi connectivity index (χ4n) is 14.4. The highest BCUT2D eigenvalue weighted by Crippen LogP contribution is 2.34. The Morgan fingerprint density at radius 2 is 0.824 bits per heavy atom. The Bertz CT molecular complexity index is 5830. The van der Waals surface area contributed by atoms with Crippen LogP contribution in [-0.4, -0.2) is 202 Å².